The maximum atomic E-state index is 8.46. The van der Waals surface area contributed by atoms with Crippen molar-refractivity contribution in [2.75, 3.05) is 13.1 Å². The summed E-state index contributed by atoms with van der Waals surface area (Å²) in [6, 6.07) is 10.8. The Morgan fingerprint density at radius 1 is 1.35 bits per heavy atom. The van der Waals surface area contributed by atoms with Gasteiger partial charge >= 0.3 is 0 Å². The molecule has 0 saturated carbocycles. The number of unbranched alkanes of at least 4 members (excludes halogenated alkanes) is 1. The zero-order valence-electron chi connectivity index (χ0n) is 11.1. The van der Waals surface area contributed by atoms with E-state index in [0.29, 0.717) is 6.42 Å². The van der Waals surface area contributed by atoms with Gasteiger partial charge in [0.25, 0.3) is 0 Å². The van der Waals surface area contributed by atoms with E-state index in [4.69, 9.17) is 5.26 Å². The highest BCUT2D eigenvalue weighted by Gasteiger charge is 2.19. The quantitative estimate of drug-likeness (QED) is 0.762. The maximum absolute atomic E-state index is 8.46. The first kappa shape index (κ1) is 13.7. The van der Waals surface area contributed by atoms with Gasteiger partial charge in [0.05, 0.1) is 6.07 Å². The molecule has 0 atom stereocenters. The maximum Gasteiger partial charge on any atom is 0.0622 e. The van der Waals surface area contributed by atoms with Crippen LogP contribution in [0.25, 0.3) is 0 Å². The van der Waals surface area contributed by atoms with E-state index < -0.39 is 0 Å². The number of benzene rings is 1. The minimum atomic E-state index is 0.138. The molecule has 0 aromatic heterocycles. The van der Waals surface area contributed by atoms with E-state index in [1.807, 2.05) is 0 Å². The molecule has 0 saturated heterocycles. The predicted octanol–water partition coefficient (Wildman–Crippen LogP) is 3.17. The molecule has 0 aliphatic heterocycles. The van der Waals surface area contributed by atoms with E-state index in [2.05, 4.69) is 56.4 Å². The van der Waals surface area contributed by atoms with Crippen molar-refractivity contribution in [2.45, 2.75) is 39.0 Å². The first-order valence-corrected chi connectivity index (χ1v) is 6.21. The van der Waals surface area contributed by atoms with Gasteiger partial charge in [-0.2, -0.15) is 5.26 Å². The lowest BCUT2D eigenvalue weighted by atomic mass is 9.84. The minimum Gasteiger partial charge on any atom is -0.316 e. The second-order valence-corrected chi connectivity index (χ2v) is 5.19. The van der Waals surface area contributed by atoms with Crippen LogP contribution >= 0.6 is 0 Å². The van der Waals surface area contributed by atoms with Crippen LogP contribution in [0, 0.1) is 18.3 Å². The fraction of sp³-hybridized carbons (Fsp3) is 0.533. The molecule has 0 fully saturated rings. The molecular formula is C15H22N2. The molecule has 1 rings (SSSR count). The first-order valence-electron chi connectivity index (χ1n) is 6.21. The van der Waals surface area contributed by atoms with Crippen molar-refractivity contribution in [1.82, 2.24) is 5.32 Å². The third-order valence-corrected chi connectivity index (χ3v) is 3.01. The van der Waals surface area contributed by atoms with Crippen LogP contribution in [-0.4, -0.2) is 13.1 Å². The van der Waals surface area contributed by atoms with E-state index in [1.165, 1.54) is 11.1 Å². The van der Waals surface area contributed by atoms with Gasteiger partial charge in [-0.15, -0.1) is 0 Å². The van der Waals surface area contributed by atoms with Crippen LogP contribution in [0.5, 0.6) is 0 Å². The molecule has 0 unspecified atom stereocenters. The third kappa shape index (κ3) is 4.58. The Hall–Kier alpha value is -1.33. The summed E-state index contributed by atoms with van der Waals surface area (Å²) in [6.07, 6.45) is 1.57. The van der Waals surface area contributed by atoms with Crippen LogP contribution in [-0.2, 0) is 5.41 Å². The predicted molar refractivity (Wildman–Crippen MR) is 71.9 cm³/mol. The van der Waals surface area contributed by atoms with Crippen LogP contribution in [0.4, 0.5) is 0 Å². The Morgan fingerprint density at radius 2 is 2.12 bits per heavy atom. The Balaban J connectivity index is 2.48. The smallest absolute Gasteiger partial charge is 0.0622 e. The molecule has 0 aliphatic carbocycles. The van der Waals surface area contributed by atoms with Gasteiger partial charge in [-0.25, -0.2) is 0 Å². The average Bonchev–Trinajstić information content (AvgIpc) is 2.29. The number of nitriles is 1. The molecule has 0 spiro atoms. The zero-order chi connectivity index (χ0) is 12.7. The molecule has 0 aliphatic rings. The van der Waals surface area contributed by atoms with Crippen molar-refractivity contribution in [3.63, 3.8) is 0 Å². The lowest BCUT2D eigenvalue weighted by Crippen LogP contribution is -2.33. The highest BCUT2D eigenvalue weighted by molar-refractivity contribution is 5.28. The average molecular weight is 230 g/mol. The topological polar surface area (TPSA) is 35.8 Å². The fourth-order valence-electron chi connectivity index (χ4n) is 1.86. The summed E-state index contributed by atoms with van der Waals surface area (Å²) in [7, 11) is 0. The van der Waals surface area contributed by atoms with Crippen LogP contribution < -0.4 is 5.32 Å². The lowest BCUT2D eigenvalue weighted by Gasteiger charge is -2.26. The summed E-state index contributed by atoms with van der Waals surface area (Å²) in [4.78, 5) is 0. The van der Waals surface area contributed by atoms with Crippen molar-refractivity contribution < 1.29 is 0 Å². The molecule has 0 heterocycles. The molecule has 1 N–H and O–H groups in total. The standard InChI is InChI=1S/C15H22N2/c1-13-7-6-8-14(11-13)15(2,3)12-17-10-5-4-9-16/h6-8,11,17H,4-5,10,12H2,1-3H3. The fourth-order valence-corrected chi connectivity index (χ4v) is 1.86. The summed E-state index contributed by atoms with van der Waals surface area (Å²) in [6.45, 7) is 8.49. The first-order chi connectivity index (χ1) is 8.06. The van der Waals surface area contributed by atoms with E-state index >= 15 is 0 Å². The molecule has 2 nitrogen and oxygen atoms in total. The number of nitrogens with zero attached hydrogens (tertiary/aromatic N) is 1. The van der Waals surface area contributed by atoms with Crippen molar-refractivity contribution in [1.29, 1.82) is 5.26 Å². The zero-order valence-corrected chi connectivity index (χ0v) is 11.1. The Kier molecular flexibility index (Phi) is 5.18. The number of aryl methyl sites for hydroxylation is 1. The molecule has 0 bridgehead atoms. The summed E-state index contributed by atoms with van der Waals surface area (Å²) >= 11 is 0. The molecule has 2 heteroatoms. The normalized spacial score (nSPS) is 11.2. The Labute approximate surface area is 105 Å². The molecule has 1 aromatic rings. The van der Waals surface area contributed by atoms with Gasteiger partial charge in [0, 0.05) is 18.4 Å². The Bertz CT molecular complexity index is 388. The second-order valence-electron chi connectivity index (χ2n) is 5.19. The molecular weight excluding hydrogens is 208 g/mol. The SMILES string of the molecule is Cc1cccc(C(C)(C)CNCCCC#N)c1. The van der Waals surface area contributed by atoms with Gasteiger partial charge in [0.15, 0.2) is 0 Å². The number of hydrogen-bond acceptors (Lipinski definition) is 2. The summed E-state index contributed by atoms with van der Waals surface area (Å²) in [5.41, 5.74) is 2.81. The highest BCUT2D eigenvalue weighted by atomic mass is 14.9. The van der Waals surface area contributed by atoms with E-state index in [9.17, 15) is 0 Å². The molecule has 92 valence electrons. The van der Waals surface area contributed by atoms with Gasteiger partial charge in [0.1, 0.15) is 0 Å². The number of hydrogen-bond donors (Lipinski definition) is 1. The van der Waals surface area contributed by atoms with Crippen molar-refractivity contribution in [3.05, 3.63) is 35.4 Å². The lowest BCUT2D eigenvalue weighted by molar-refractivity contribution is 0.467. The van der Waals surface area contributed by atoms with Crippen molar-refractivity contribution >= 4 is 0 Å². The van der Waals surface area contributed by atoms with Gasteiger partial charge < -0.3 is 5.32 Å². The summed E-state index contributed by atoms with van der Waals surface area (Å²) < 4.78 is 0. The second kappa shape index (κ2) is 6.42. The minimum absolute atomic E-state index is 0.138. The number of nitrogens with one attached hydrogen (secondary N) is 1. The molecule has 0 radical (unpaired) electrons. The van der Waals surface area contributed by atoms with E-state index in [-0.39, 0.29) is 5.41 Å². The molecule has 17 heavy (non-hydrogen) atoms. The van der Waals surface area contributed by atoms with Gasteiger partial charge in [0.2, 0.25) is 0 Å². The van der Waals surface area contributed by atoms with E-state index in [0.717, 1.165) is 19.5 Å². The third-order valence-electron chi connectivity index (χ3n) is 3.01. The van der Waals surface area contributed by atoms with Gasteiger partial charge in [-0.3, -0.25) is 0 Å². The molecule has 1 aromatic carbocycles. The summed E-state index contributed by atoms with van der Waals surface area (Å²) in [5, 5.41) is 11.9. The summed E-state index contributed by atoms with van der Waals surface area (Å²) in [5.74, 6) is 0. The van der Waals surface area contributed by atoms with Crippen LogP contribution in [0.2, 0.25) is 0 Å². The highest BCUT2D eigenvalue weighted by Crippen LogP contribution is 2.22. The largest absolute Gasteiger partial charge is 0.316 e. The monoisotopic (exact) mass is 230 g/mol. The van der Waals surface area contributed by atoms with Crippen LogP contribution in [0.1, 0.15) is 37.8 Å². The van der Waals surface area contributed by atoms with Gasteiger partial charge in [-0.05, 0) is 25.5 Å². The van der Waals surface area contributed by atoms with Gasteiger partial charge in [-0.1, -0.05) is 43.7 Å². The molecule has 0 amide bonds. The van der Waals surface area contributed by atoms with Crippen molar-refractivity contribution in [3.8, 4) is 6.07 Å². The van der Waals surface area contributed by atoms with Crippen LogP contribution in [0.3, 0.4) is 0 Å². The Morgan fingerprint density at radius 3 is 2.76 bits per heavy atom. The van der Waals surface area contributed by atoms with Crippen molar-refractivity contribution in [2.24, 2.45) is 0 Å². The number of rotatable bonds is 6. The van der Waals surface area contributed by atoms with E-state index in [1.54, 1.807) is 0 Å². The van der Waals surface area contributed by atoms with Crippen LogP contribution in [0.15, 0.2) is 24.3 Å².